The SMILES string of the molecule is O=C(OCc1ccccn1)C1Cc2ccccc2C1. The van der Waals surface area contributed by atoms with E-state index in [1.807, 2.05) is 30.3 Å². The van der Waals surface area contributed by atoms with E-state index in [2.05, 4.69) is 17.1 Å². The van der Waals surface area contributed by atoms with Gasteiger partial charge in [-0.2, -0.15) is 0 Å². The van der Waals surface area contributed by atoms with E-state index in [1.54, 1.807) is 6.20 Å². The molecule has 1 aliphatic carbocycles. The van der Waals surface area contributed by atoms with Gasteiger partial charge in [-0.1, -0.05) is 30.3 Å². The second-order valence-corrected chi connectivity index (χ2v) is 4.80. The largest absolute Gasteiger partial charge is 0.459 e. The van der Waals surface area contributed by atoms with Crippen LogP contribution in [0, 0.1) is 5.92 Å². The number of benzene rings is 1. The molecular formula is C16H15NO2. The van der Waals surface area contributed by atoms with Crippen LogP contribution in [0.1, 0.15) is 16.8 Å². The number of carbonyl (C=O) groups excluding carboxylic acids is 1. The fourth-order valence-corrected chi connectivity index (χ4v) is 2.47. The Labute approximate surface area is 112 Å². The van der Waals surface area contributed by atoms with Crippen molar-refractivity contribution in [3.8, 4) is 0 Å². The number of carbonyl (C=O) groups is 1. The number of nitrogens with zero attached hydrogens (tertiary/aromatic N) is 1. The zero-order chi connectivity index (χ0) is 13.1. The highest BCUT2D eigenvalue weighted by molar-refractivity contribution is 5.74. The lowest BCUT2D eigenvalue weighted by Crippen LogP contribution is -2.18. The van der Waals surface area contributed by atoms with Crippen LogP contribution in [0.2, 0.25) is 0 Å². The Morgan fingerprint density at radius 3 is 2.42 bits per heavy atom. The average Bonchev–Trinajstić information content (AvgIpc) is 2.90. The Kier molecular flexibility index (Phi) is 3.27. The second kappa shape index (κ2) is 5.22. The van der Waals surface area contributed by atoms with Crippen molar-refractivity contribution in [2.45, 2.75) is 19.4 Å². The van der Waals surface area contributed by atoms with E-state index in [-0.39, 0.29) is 18.5 Å². The van der Waals surface area contributed by atoms with Gasteiger partial charge >= 0.3 is 5.97 Å². The van der Waals surface area contributed by atoms with Gasteiger partial charge in [-0.15, -0.1) is 0 Å². The summed E-state index contributed by atoms with van der Waals surface area (Å²) in [5.41, 5.74) is 3.32. The van der Waals surface area contributed by atoms with E-state index < -0.39 is 0 Å². The molecule has 2 aromatic rings. The normalized spacial score (nSPS) is 14.1. The summed E-state index contributed by atoms with van der Waals surface area (Å²) in [6.07, 6.45) is 3.28. The van der Waals surface area contributed by atoms with Crippen LogP contribution in [0.3, 0.4) is 0 Å². The zero-order valence-corrected chi connectivity index (χ0v) is 10.6. The Morgan fingerprint density at radius 1 is 1.11 bits per heavy atom. The summed E-state index contributed by atoms with van der Waals surface area (Å²) in [5.74, 6) is -0.164. The van der Waals surface area contributed by atoms with Gasteiger partial charge in [-0.3, -0.25) is 9.78 Å². The third-order valence-electron chi connectivity index (χ3n) is 3.47. The Morgan fingerprint density at radius 2 is 1.79 bits per heavy atom. The first-order valence-electron chi connectivity index (χ1n) is 6.46. The van der Waals surface area contributed by atoms with Gasteiger partial charge < -0.3 is 4.74 Å². The molecule has 0 saturated heterocycles. The summed E-state index contributed by atoms with van der Waals surface area (Å²) < 4.78 is 5.34. The lowest BCUT2D eigenvalue weighted by molar-refractivity contribution is -0.149. The van der Waals surface area contributed by atoms with Crippen molar-refractivity contribution >= 4 is 5.97 Å². The molecule has 0 radical (unpaired) electrons. The third-order valence-corrected chi connectivity index (χ3v) is 3.47. The van der Waals surface area contributed by atoms with E-state index >= 15 is 0 Å². The van der Waals surface area contributed by atoms with Crippen molar-refractivity contribution in [2.75, 3.05) is 0 Å². The lowest BCUT2D eigenvalue weighted by Gasteiger charge is -2.09. The Bertz CT molecular complexity index is 555. The van der Waals surface area contributed by atoms with Crippen LogP contribution in [0.4, 0.5) is 0 Å². The Balaban J connectivity index is 1.58. The van der Waals surface area contributed by atoms with Gasteiger partial charge in [-0.05, 0) is 36.1 Å². The molecule has 1 aromatic carbocycles. The minimum absolute atomic E-state index is 0.0406. The minimum Gasteiger partial charge on any atom is -0.459 e. The number of fused-ring (bicyclic) bond motifs is 1. The monoisotopic (exact) mass is 253 g/mol. The quantitative estimate of drug-likeness (QED) is 0.789. The first-order chi connectivity index (χ1) is 9.33. The van der Waals surface area contributed by atoms with Crippen LogP contribution in [-0.4, -0.2) is 11.0 Å². The van der Waals surface area contributed by atoms with Gasteiger partial charge in [0.2, 0.25) is 0 Å². The van der Waals surface area contributed by atoms with Crippen LogP contribution in [0.5, 0.6) is 0 Å². The molecule has 0 fully saturated rings. The van der Waals surface area contributed by atoms with Gasteiger partial charge in [0.25, 0.3) is 0 Å². The molecule has 3 rings (SSSR count). The zero-order valence-electron chi connectivity index (χ0n) is 10.6. The molecule has 19 heavy (non-hydrogen) atoms. The van der Waals surface area contributed by atoms with Gasteiger partial charge in [0.1, 0.15) is 6.61 Å². The highest BCUT2D eigenvalue weighted by Crippen LogP contribution is 2.27. The highest BCUT2D eigenvalue weighted by atomic mass is 16.5. The number of hydrogen-bond donors (Lipinski definition) is 0. The first kappa shape index (κ1) is 11.9. The van der Waals surface area contributed by atoms with E-state index in [0.717, 1.165) is 18.5 Å². The summed E-state index contributed by atoms with van der Waals surface area (Å²) in [7, 11) is 0. The fourth-order valence-electron chi connectivity index (χ4n) is 2.47. The van der Waals surface area contributed by atoms with Gasteiger partial charge in [-0.25, -0.2) is 0 Å². The standard InChI is InChI=1S/C16H15NO2/c18-16(19-11-15-7-3-4-8-17-15)14-9-12-5-1-2-6-13(12)10-14/h1-8,14H,9-11H2. The first-order valence-corrected chi connectivity index (χ1v) is 6.46. The van der Waals surface area contributed by atoms with Crippen molar-refractivity contribution in [2.24, 2.45) is 5.92 Å². The van der Waals surface area contributed by atoms with Gasteiger partial charge in [0, 0.05) is 6.20 Å². The predicted molar refractivity (Wildman–Crippen MR) is 71.4 cm³/mol. The molecule has 0 amide bonds. The molecule has 1 aliphatic rings. The van der Waals surface area contributed by atoms with Crippen molar-refractivity contribution in [1.29, 1.82) is 0 Å². The van der Waals surface area contributed by atoms with Crippen LogP contribution in [0.25, 0.3) is 0 Å². The number of rotatable bonds is 3. The molecule has 0 atom stereocenters. The molecule has 0 spiro atoms. The Hall–Kier alpha value is -2.16. The molecule has 0 N–H and O–H groups in total. The van der Waals surface area contributed by atoms with Crippen molar-refractivity contribution in [1.82, 2.24) is 4.98 Å². The molecule has 0 saturated carbocycles. The van der Waals surface area contributed by atoms with Crippen molar-refractivity contribution in [3.05, 3.63) is 65.5 Å². The lowest BCUT2D eigenvalue weighted by atomic mass is 10.1. The summed E-state index contributed by atoms with van der Waals surface area (Å²) in [6, 6.07) is 13.8. The molecule has 1 heterocycles. The third kappa shape index (κ3) is 2.65. The molecule has 0 aliphatic heterocycles. The van der Waals surface area contributed by atoms with Gasteiger partial charge in [0.15, 0.2) is 0 Å². The molecule has 0 unspecified atom stereocenters. The maximum atomic E-state index is 12.0. The number of esters is 1. The minimum atomic E-state index is -0.123. The van der Waals surface area contributed by atoms with Crippen molar-refractivity contribution in [3.63, 3.8) is 0 Å². The van der Waals surface area contributed by atoms with Gasteiger partial charge in [0.05, 0.1) is 11.6 Å². The molecule has 96 valence electrons. The van der Waals surface area contributed by atoms with Crippen molar-refractivity contribution < 1.29 is 9.53 Å². The predicted octanol–water partition coefficient (Wildman–Crippen LogP) is 2.54. The maximum Gasteiger partial charge on any atom is 0.309 e. The van der Waals surface area contributed by atoms with Crippen LogP contribution in [0.15, 0.2) is 48.7 Å². The van der Waals surface area contributed by atoms with E-state index in [1.165, 1.54) is 11.1 Å². The number of pyridine rings is 1. The smallest absolute Gasteiger partial charge is 0.309 e. The maximum absolute atomic E-state index is 12.0. The highest BCUT2D eigenvalue weighted by Gasteiger charge is 2.28. The van der Waals surface area contributed by atoms with Crippen LogP contribution in [-0.2, 0) is 29.0 Å². The average molecular weight is 253 g/mol. The van der Waals surface area contributed by atoms with Crippen LogP contribution >= 0.6 is 0 Å². The number of hydrogen-bond acceptors (Lipinski definition) is 3. The van der Waals surface area contributed by atoms with Crippen LogP contribution < -0.4 is 0 Å². The molecule has 3 nitrogen and oxygen atoms in total. The van der Waals surface area contributed by atoms with E-state index in [4.69, 9.17) is 4.74 Å². The number of ether oxygens (including phenoxy) is 1. The van der Waals surface area contributed by atoms with E-state index in [0.29, 0.717) is 0 Å². The second-order valence-electron chi connectivity index (χ2n) is 4.80. The van der Waals surface area contributed by atoms with E-state index in [9.17, 15) is 4.79 Å². The summed E-state index contributed by atoms with van der Waals surface area (Å²) in [4.78, 5) is 16.2. The summed E-state index contributed by atoms with van der Waals surface area (Å²) >= 11 is 0. The summed E-state index contributed by atoms with van der Waals surface area (Å²) in [5, 5.41) is 0. The topological polar surface area (TPSA) is 39.2 Å². The summed E-state index contributed by atoms with van der Waals surface area (Å²) in [6.45, 7) is 0.256. The molecule has 3 heteroatoms. The fraction of sp³-hybridized carbons (Fsp3) is 0.250. The molecular weight excluding hydrogens is 238 g/mol. The molecule has 1 aromatic heterocycles. The number of aromatic nitrogens is 1. The molecule has 0 bridgehead atoms.